The average molecular weight is 179 g/mol. The quantitative estimate of drug-likeness (QED) is 0.709. The topological polar surface area (TPSA) is 52.3 Å². The van der Waals surface area contributed by atoms with E-state index in [1.165, 1.54) is 6.92 Å². The largest absolute Gasteiger partial charge is 0.461 e. The fourth-order valence-electron chi connectivity index (χ4n) is 0.957. The number of carbonyl (C=O) groups excluding carboxylic acids is 1. The Labute approximate surface area is 77.5 Å². The van der Waals surface area contributed by atoms with E-state index in [9.17, 15) is 4.79 Å². The van der Waals surface area contributed by atoms with E-state index in [1.807, 2.05) is 24.3 Å². The molecule has 0 saturated carbocycles. The van der Waals surface area contributed by atoms with Gasteiger partial charge in [0.2, 0.25) is 0 Å². The van der Waals surface area contributed by atoms with Crippen LogP contribution in [0.3, 0.4) is 0 Å². The molecule has 0 aromatic heterocycles. The highest BCUT2D eigenvalue weighted by Gasteiger charge is 1.95. The van der Waals surface area contributed by atoms with E-state index in [-0.39, 0.29) is 5.97 Å². The molecule has 13 heavy (non-hydrogen) atoms. The van der Waals surface area contributed by atoms with Crippen molar-refractivity contribution in [2.24, 2.45) is 5.73 Å². The van der Waals surface area contributed by atoms with E-state index >= 15 is 0 Å². The van der Waals surface area contributed by atoms with Crippen LogP contribution in [0.15, 0.2) is 24.3 Å². The molecule has 1 aromatic carbocycles. The Morgan fingerprint density at radius 3 is 2.31 bits per heavy atom. The summed E-state index contributed by atoms with van der Waals surface area (Å²) in [5.41, 5.74) is 7.49. The molecule has 0 unspecified atom stereocenters. The Bertz CT molecular complexity index is 279. The number of carbonyl (C=O) groups is 1. The first kappa shape index (κ1) is 9.74. The number of nitrogens with two attached hydrogens (primary N) is 1. The van der Waals surface area contributed by atoms with Gasteiger partial charge in [0.25, 0.3) is 0 Å². The van der Waals surface area contributed by atoms with Gasteiger partial charge < -0.3 is 10.5 Å². The highest BCUT2D eigenvalue weighted by Crippen LogP contribution is 2.04. The first-order valence-corrected chi connectivity index (χ1v) is 4.13. The second kappa shape index (κ2) is 4.62. The SMILES string of the molecule is CC(=O)OCc1ccc(CN)cc1. The zero-order chi connectivity index (χ0) is 9.68. The Kier molecular flexibility index (Phi) is 3.46. The summed E-state index contributed by atoms with van der Waals surface area (Å²) in [6.45, 7) is 2.27. The molecule has 0 amide bonds. The van der Waals surface area contributed by atoms with E-state index in [0.29, 0.717) is 13.2 Å². The maximum Gasteiger partial charge on any atom is 0.302 e. The van der Waals surface area contributed by atoms with Crippen molar-refractivity contribution in [3.05, 3.63) is 35.4 Å². The van der Waals surface area contributed by atoms with Crippen LogP contribution in [0.4, 0.5) is 0 Å². The minimum atomic E-state index is -0.261. The first-order valence-electron chi connectivity index (χ1n) is 4.13. The van der Waals surface area contributed by atoms with Crippen molar-refractivity contribution in [1.29, 1.82) is 0 Å². The van der Waals surface area contributed by atoms with Crippen LogP contribution in [0.2, 0.25) is 0 Å². The summed E-state index contributed by atoms with van der Waals surface area (Å²) in [4.78, 5) is 10.5. The lowest BCUT2D eigenvalue weighted by atomic mass is 10.1. The fraction of sp³-hybridized carbons (Fsp3) is 0.300. The van der Waals surface area contributed by atoms with E-state index in [2.05, 4.69) is 0 Å². The highest BCUT2D eigenvalue weighted by molar-refractivity contribution is 5.65. The standard InChI is InChI=1S/C10H13NO2/c1-8(12)13-7-10-4-2-9(6-11)3-5-10/h2-5H,6-7,11H2,1H3. The number of rotatable bonds is 3. The predicted molar refractivity (Wildman–Crippen MR) is 49.8 cm³/mol. The highest BCUT2D eigenvalue weighted by atomic mass is 16.5. The number of hydrogen-bond acceptors (Lipinski definition) is 3. The van der Waals surface area contributed by atoms with Crippen LogP contribution in [0.25, 0.3) is 0 Å². The summed E-state index contributed by atoms with van der Waals surface area (Å²) in [5.74, 6) is -0.261. The number of benzene rings is 1. The van der Waals surface area contributed by atoms with Gasteiger partial charge in [0, 0.05) is 13.5 Å². The summed E-state index contributed by atoms with van der Waals surface area (Å²) in [7, 11) is 0. The monoisotopic (exact) mass is 179 g/mol. The molecule has 0 saturated heterocycles. The van der Waals surface area contributed by atoms with Gasteiger partial charge in [-0.1, -0.05) is 24.3 Å². The van der Waals surface area contributed by atoms with Crippen molar-refractivity contribution >= 4 is 5.97 Å². The Morgan fingerprint density at radius 2 is 1.85 bits per heavy atom. The lowest BCUT2D eigenvalue weighted by Crippen LogP contribution is -2.00. The number of esters is 1. The molecule has 0 atom stereocenters. The van der Waals surface area contributed by atoms with Gasteiger partial charge in [-0.05, 0) is 11.1 Å². The molecule has 0 heterocycles. The molecule has 0 radical (unpaired) electrons. The molecular formula is C10H13NO2. The lowest BCUT2D eigenvalue weighted by Gasteiger charge is -2.02. The van der Waals surface area contributed by atoms with Crippen LogP contribution >= 0.6 is 0 Å². The van der Waals surface area contributed by atoms with Gasteiger partial charge >= 0.3 is 5.97 Å². The molecule has 3 heteroatoms. The van der Waals surface area contributed by atoms with Crippen molar-refractivity contribution in [3.8, 4) is 0 Å². The van der Waals surface area contributed by atoms with E-state index in [1.54, 1.807) is 0 Å². The summed E-state index contributed by atoms with van der Waals surface area (Å²) in [6, 6.07) is 7.67. The average Bonchev–Trinajstić information content (AvgIpc) is 2.15. The molecule has 0 bridgehead atoms. The number of ether oxygens (including phenoxy) is 1. The maximum atomic E-state index is 10.5. The van der Waals surface area contributed by atoms with Crippen molar-refractivity contribution in [3.63, 3.8) is 0 Å². The van der Waals surface area contributed by atoms with Crippen molar-refractivity contribution in [2.45, 2.75) is 20.1 Å². The van der Waals surface area contributed by atoms with Crippen LogP contribution in [-0.2, 0) is 22.7 Å². The molecule has 2 N–H and O–H groups in total. The summed E-state index contributed by atoms with van der Waals surface area (Å²) in [6.07, 6.45) is 0. The van der Waals surface area contributed by atoms with Crippen molar-refractivity contribution in [1.82, 2.24) is 0 Å². The molecule has 0 spiro atoms. The summed E-state index contributed by atoms with van der Waals surface area (Å²) < 4.78 is 4.83. The van der Waals surface area contributed by atoms with Gasteiger partial charge in [0.05, 0.1) is 0 Å². The second-order valence-corrected chi connectivity index (χ2v) is 2.80. The van der Waals surface area contributed by atoms with Crippen LogP contribution in [-0.4, -0.2) is 5.97 Å². The summed E-state index contributed by atoms with van der Waals surface area (Å²) >= 11 is 0. The Balaban J connectivity index is 2.54. The summed E-state index contributed by atoms with van der Waals surface area (Å²) in [5, 5.41) is 0. The fourth-order valence-corrected chi connectivity index (χ4v) is 0.957. The number of hydrogen-bond donors (Lipinski definition) is 1. The third kappa shape index (κ3) is 3.25. The van der Waals surface area contributed by atoms with Gasteiger partial charge in [-0.2, -0.15) is 0 Å². The first-order chi connectivity index (χ1) is 6.22. The normalized spacial score (nSPS) is 9.69. The molecule has 0 fully saturated rings. The van der Waals surface area contributed by atoms with Crippen LogP contribution in [0.5, 0.6) is 0 Å². The van der Waals surface area contributed by atoms with Gasteiger partial charge in [-0.25, -0.2) is 0 Å². The zero-order valence-corrected chi connectivity index (χ0v) is 7.62. The zero-order valence-electron chi connectivity index (χ0n) is 7.62. The van der Waals surface area contributed by atoms with Crippen LogP contribution in [0.1, 0.15) is 18.1 Å². The third-order valence-corrected chi connectivity index (χ3v) is 1.70. The Morgan fingerprint density at radius 1 is 1.31 bits per heavy atom. The van der Waals surface area contributed by atoms with E-state index in [0.717, 1.165) is 11.1 Å². The molecule has 70 valence electrons. The third-order valence-electron chi connectivity index (χ3n) is 1.70. The van der Waals surface area contributed by atoms with Crippen LogP contribution < -0.4 is 5.73 Å². The second-order valence-electron chi connectivity index (χ2n) is 2.80. The molecule has 1 rings (SSSR count). The minimum absolute atomic E-state index is 0.261. The van der Waals surface area contributed by atoms with Gasteiger partial charge in [0.1, 0.15) is 6.61 Å². The van der Waals surface area contributed by atoms with Gasteiger partial charge in [-0.15, -0.1) is 0 Å². The van der Waals surface area contributed by atoms with Crippen LogP contribution in [0, 0.1) is 0 Å². The lowest BCUT2D eigenvalue weighted by molar-refractivity contribution is -0.142. The molecule has 1 aromatic rings. The smallest absolute Gasteiger partial charge is 0.302 e. The molecule has 0 aliphatic carbocycles. The molecular weight excluding hydrogens is 166 g/mol. The van der Waals surface area contributed by atoms with E-state index < -0.39 is 0 Å². The van der Waals surface area contributed by atoms with Crippen molar-refractivity contribution < 1.29 is 9.53 Å². The maximum absolute atomic E-state index is 10.5. The minimum Gasteiger partial charge on any atom is -0.461 e. The van der Waals surface area contributed by atoms with Gasteiger partial charge in [0.15, 0.2) is 0 Å². The van der Waals surface area contributed by atoms with Crippen molar-refractivity contribution in [2.75, 3.05) is 0 Å². The predicted octanol–water partition coefficient (Wildman–Crippen LogP) is 1.21. The Hall–Kier alpha value is -1.35. The molecule has 0 aliphatic heterocycles. The van der Waals surface area contributed by atoms with E-state index in [4.69, 9.17) is 10.5 Å². The molecule has 0 aliphatic rings. The molecule has 3 nitrogen and oxygen atoms in total. The van der Waals surface area contributed by atoms with Gasteiger partial charge in [-0.3, -0.25) is 4.79 Å².